The summed E-state index contributed by atoms with van der Waals surface area (Å²) in [7, 11) is 0. The van der Waals surface area contributed by atoms with E-state index in [0.29, 0.717) is 12.1 Å². The smallest absolute Gasteiger partial charge is 0.0409 e. The van der Waals surface area contributed by atoms with Crippen LogP contribution in [0.3, 0.4) is 0 Å². The Morgan fingerprint density at radius 2 is 2.22 bits per heavy atom. The van der Waals surface area contributed by atoms with Crippen LogP contribution in [0.25, 0.3) is 0 Å². The van der Waals surface area contributed by atoms with Crippen molar-refractivity contribution in [3.05, 3.63) is 34.9 Å². The molecule has 4 atom stereocenters. The van der Waals surface area contributed by atoms with E-state index in [-0.39, 0.29) is 0 Å². The zero-order valence-corrected chi connectivity index (χ0v) is 11.8. The minimum atomic E-state index is 0.462. The van der Waals surface area contributed by atoms with Crippen LogP contribution in [0.15, 0.2) is 24.3 Å². The van der Waals surface area contributed by atoms with Crippen molar-refractivity contribution in [2.75, 3.05) is 19.6 Å². The van der Waals surface area contributed by atoms with E-state index >= 15 is 0 Å². The molecule has 98 valence electrons. The van der Waals surface area contributed by atoms with Gasteiger partial charge in [0.2, 0.25) is 0 Å². The highest BCUT2D eigenvalue weighted by Crippen LogP contribution is 2.38. The number of hydrogen-bond acceptors (Lipinski definition) is 2. The van der Waals surface area contributed by atoms with Crippen LogP contribution < -0.4 is 5.32 Å². The van der Waals surface area contributed by atoms with Crippen molar-refractivity contribution in [3.63, 3.8) is 0 Å². The molecule has 1 N–H and O–H groups in total. The topological polar surface area (TPSA) is 15.3 Å². The Labute approximate surface area is 114 Å². The highest BCUT2D eigenvalue weighted by molar-refractivity contribution is 6.30. The summed E-state index contributed by atoms with van der Waals surface area (Å²) in [5, 5.41) is 4.36. The number of likely N-dealkylation sites (tertiary alicyclic amines) is 1. The second-order valence-electron chi connectivity index (χ2n) is 5.75. The minimum absolute atomic E-state index is 0.462. The molecule has 2 aliphatic heterocycles. The summed E-state index contributed by atoms with van der Waals surface area (Å²) < 4.78 is 0. The Hall–Kier alpha value is -0.570. The lowest BCUT2D eigenvalue weighted by Gasteiger charge is -2.31. The molecule has 2 aliphatic rings. The van der Waals surface area contributed by atoms with Crippen molar-refractivity contribution in [2.45, 2.75) is 25.9 Å². The van der Waals surface area contributed by atoms with Gasteiger partial charge in [0.1, 0.15) is 0 Å². The predicted octanol–water partition coefficient (Wildman–Crippen LogP) is 2.94. The van der Waals surface area contributed by atoms with Crippen molar-refractivity contribution < 1.29 is 0 Å². The largest absolute Gasteiger partial charge is 0.316 e. The molecular formula is C15H21ClN2. The Bertz CT molecular complexity index is 434. The van der Waals surface area contributed by atoms with Crippen LogP contribution in [-0.2, 0) is 0 Å². The monoisotopic (exact) mass is 264 g/mol. The van der Waals surface area contributed by atoms with E-state index in [4.69, 9.17) is 11.6 Å². The summed E-state index contributed by atoms with van der Waals surface area (Å²) in [6.45, 7) is 8.26. The van der Waals surface area contributed by atoms with Crippen LogP contribution in [-0.4, -0.2) is 30.6 Å². The summed E-state index contributed by atoms with van der Waals surface area (Å²) in [5.74, 6) is 1.66. The zero-order chi connectivity index (χ0) is 12.7. The molecule has 0 amide bonds. The molecule has 0 aromatic heterocycles. The first-order valence-electron chi connectivity index (χ1n) is 6.88. The Kier molecular flexibility index (Phi) is 3.35. The van der Waals surface area contributed by atoms with E-state index in [1.807, 2.05) is 6.07 Å². The Morgan fingerprint density at radius 3 is 2.94 bits per heavy atom. The minimum Gasteiger partial charge on any atom is -0.316 e. The van der Waals surface area contributed by atoms with Gasteiger partial charge in [-0.3, -0.25) is 4.90 Å². The van der Waals surface area contributed by atoms with Crippen LogP contribution in [0.5, 0.6) is 0 Å². The average molecular weight is 265 g/mol. The number of fused-ring (bicyclic) bond motifs is 1. The van der Waals surface area contributed by atoms with Gasteiger partial charge in [-0.1, -0.05) is 23.7 Å². The highest BCUT2D eigenvalue weighted by Gasteiger charge is 2.43. The molecule has 4 unspecified atom stereocenters. The highest BCUT2D eigenvalue weighted by atomic mass is 35.5. The molecule has 3 heteroatoms. The third kappa shape index (κ3) is 2.07. The molecule has 0 radical (unpaired) electrons. The summed E-state index contributed by atoms with van der Waals surface area (Å²) in [5.41, 5.74) is 1.34. The van der Waals surface area contributed by atoms with E-state index in [9.17, 15) is 0 Å². The fraction of sp³-hybridized carbons (Fsp3) is 0.600. The fourth-order valence-corrected chi connectivity index (χ4v) is 3.87. The average Bonchev–Trinajstić information content (AvgIpc) is 2.92. The van der Waals surface area contributed by atoms with Gasteiger partial charge in [0.05, 0.1) is 0 Å². The van der Waals surface area contributed by atoms with Crippen molar-refractivity contribution in [1.29, 1.82) is 0 Å². The molecular weight excluding hydrogens is 244 g/mol. The predicted molar refractivity (Wildman–Crippen MR) is 75.9 cm³/mol. The van der Waals surface area contributed by atoms with E-state index in [1.54, 1.807) is 0 Å². The standard InChI is InChI=1S/C15H21ClN2/c1-10(12-4-3-5-14(16)6-12)18-9-13-7-17-8-15(13)11(18)2/h3-6,10-11,13,15,17H,7-9H2,1-2H3. The molecule has 2 nitrogen and oxygen atoms in total. The van der Waals surface area contributed by atoms with Crippen molar-refractivity contribution in [2.24, 2.45) is 11.8 Å². The van der Waals surface area contributed by atoms with E-state index in [1.165, 1.54) is 25.2 Å². The maximum atomic E-state index is 6.10. The van der Waals surface area contributed by atoms with Crippen molar-refractivity contribution >= 4 is 11.6 Å². The van der Waals surface area contributed by atoms with Gasteiger partial charge in [-0.25, -0.2) is 0 Å². The second-order valence-corrected chi connectivity index (χ2v) is 6.19. The van der Waals surface area contributed by atoms with Crippen molar-refractivity contribution in [3.8, 4) is 0 Å². The number of nitrogens with one attached hydrogen (secondary N) is 1. The molecule has 2 saturated heterocycles. The van der Waals surface area contributed by atoms with Gasteiger partial charge in [-0.2, -0.15) is 0 Å². The zero-order valence-electron chi connectivity index (χ0n) is 11.1. The lowest BCUT2D eigenvalue weighted by Crippen LogP contribution is -2.35. The molecule has 2 fully saturated rings. The van der Waals surface area contributed by atoms with E-state index in [2.05, 4.69) is 42.3 Å². The first kappa shape index (κ1) is 12.5. The van der Waals surface area contributed by atoms with Crippen LogP contribution in [0.2, 0.25) is 5.02 Å². The number of nitrogens with zero attached hydrogens (tertiary/aromatic N) is 1. The molecule has 2 heterocycles. The molecule has 0 saturated carbocycles. The van der Waals surface area contributed by atoms with Gasteiger partial charge in [0.15, 0.2) is 0 Å². The molecule has 0 spiro atoms. The van der Waals surface area contributed by atoms with Gasteiger partial charge in [0, 0.05) is 23.7 Å². The van der Waals surface area contributed by atoms with E-state index < -0.39 is 0 Å². The molecule has 18 heavy (non-hydrogen) atoms. The number of hydrogen-bond donors (Lipinski definition) is 1. The number of rotatable bonds is 2. The molecule has 3 rings (SSSR count). The van der Waals surface area contributed by atoms with Gasteiger partial charge < -0.3 is 5.32 Å². The molecule has 0 bridgehead atoms. The normalized spacial score (nSPS) is 33.6. The first-order valence-corrected chi connectivity index (χ1v) is 7.26. The summed E-state index contributed by atoms with van der Waals surface area (Å²) in [6, 6.07) is 9.42. The van der Waals surface area contributed by atoms with Crippen molar-refractivity contribution in [1.82, 2.24) is 10.2 Å². The van der Waals surface area contributed by atoms with E-state index in [0.717, 1.165) is 16.9 Å². The number of halogens is 1. The van der Waals surface area contributed by atoms with Crippen LogP contribution in [0.4, 0.5) is 0 Å². The molecule has 1 aromatic carbocycles. The first-order chi connectivity index (χ1) is 8.66. The summed E-state index contributed by atoms with van der Waals surface area (Å²) in [6.07, 6.45) is 0. The maximum Gasteiger partial charge on any atom is 0.0409 e. The lowest BCUT2D eigenvalue weighted by atomic mass is 9.95. The number of benzene rings is 1. The fourth-order valence-electron chi connectivity index (χ4n) is 3.67. The summed E-state index contributed by atoms with van der Waals surface area (Å²) >= 11 is 6.10. The summed E-state index contributed by atoms with van der Waals surface area (Å²) in [4.78, 5) is 2.64. The molecule has 1 aromatic rings. The van der Waals surface area contributed by atoms with Crippen LogP contribution >= 0.6 is 11.6 Å². The Morgan fingerprint density at radius 1 is 1.39 bits per heavy atom. The quantitative estimate of drug-likeness (QED) is 0.884. The third-order valence-electron chi connectivity index (χ3n) is 4.81. The SMILES string of the molecule is CC(c1cccc(Cl)c1)N1CC2CNCC2C1C. The lowest BCUT2D eigenvalue weighted by molar-refractivity contribution is 0.182. The van der Waals surface area contributed by atoms with Gasteiger partial charge in [-0.05, 0) is 56.5 Å². The maximum absolute atomic E-state index is 6.10. The van der Waals surface area contributed by atoms with Crippen LogP contribution in [0.1, 0.15) is 25.5 Å². The third-order valence-corrected chi connectivity index (χ3v) is 5.04. The van der Waals surface area contributed by atoms with Crippen LogP contribution in [0, 0.1) is 11.8 Å². The van der Waals surface area contributed by atoms with Gasteiger partial charge in [-0.15, -0.1) is 0 Å². The van der Waals surface area contributed by atoms with Gasteiger partial charge in [0.25, 0.3) is 0 Å². The molecule has 0 aliphatic carbocycles. The Balaban J connectivity index is 1.79. The second kappa shape index (κ2) is 4.84. The van der Waals surface area contributed by atoms with Gasteiger partial charge >= 0.3 is 0 Å².